The third kappa shape index (κ3) is 4.94. The smallest absolute Gasteiger partial charge is 0.276 e. The van der Waals surface area contributed by atoms with Crippen LogP contribution in [0.1, 0.15) is 33.4 Å². The van der Waals surface area contributed by atoms with Gasteiger partial charge in [-0.15, -0.1) is 0 Å². The fourth-order valence-corrected chi connectivity index (χ4v) is 3.83. The Bertz CT molecular complexity index is 1120. The maximum absolute atomic E-state index is 13.2. The molecule has 1 aromatic heterocycles. The fraction of sp³-hybridized carbons (Fsp3) is 0.292. The summed E-state index contributed by atoms with van der Waals surface area (Å²) in [5.74, 6) is -0.914. The van der Waals surface area contributed by atoms with Crippen LogP contribution in [0, 0.1) is 12.7 Å². The van der Waals surface area contributed by atoms with Crippen molar-refractivity contribution in [3.05, 3.63) is 82.9 Å². The largest absolute Gasteiger partial charge is 0.394 e. The lowest BCUT2D eigenvalue weighted by Gasteiger charge is -2.40. The average Bonchev–Trinajstić information content (AvgIpc) is 3.15. The van der Waals surface area contributed by atoms with Gasteiger partial charge in [0.05, 0.1) is 12.6 Å². The van der Waals surface area contributed by atoms with Gasteiger partial charge in [-0.25, -0.2) is 4.39 Å². The molecule has 0 radical (unpaired) electrons. The number of benzene rings is 2. The minimum Gasteiger partial charge on any atom is -0.394 e. The van der Waals surface area contributed by atoms with E-state index < -0.39 is 12.1 Å². The molecule has 1 saturated heterocycles. The summed E-state index contributed by atoms with van der Waals surface area (Å²) in [6, 6.07) is 14.1. The number of aromatic nitrogens is 2. The van der Waals surface area contributed by atoms with Crippen LogP contribution in [-0.4, -0.2) is 50.9 Å². The zero-order chi connectivity index (χ0) is 23.5. The van der Waals surface area contributed by atoms with Crippen LogP contribution in [0.4, 0.5) is 10.1 Å². The standard InChI is InChI=1S/C24H25FN4O4/c1-15-11-20(27-28(15)2)24(32)26-19-9-5-17(6-10-19)23-21(13-30)29(22(31)14-33-23)12-16-3-7-18(25)8-4-16/h3-11,21,23,30H,12-14H2,1-2H3,(H,26,32). The van der Waals surface area contributed by atoms with E-state index in [1.165, 1.54) is 12.1 Å². The molecule has 8 nitrogen and oxygen atoms in total. The first-order valence-electron chi connectivity index (χ1n) is 10.5. The highest BCUT2D eigenvalue weighted by Crippen LogP contribution is 2.31. The molecule has 4 rings (SSSR count). The van der Waals surface area contributed by atoms with Crippen molar-refractivity contribution in [1.29, 1.82) is 0 Å². The molecule has 2 N–H and O–H groups in total. The predicted octanol–water partition coefficient (Wildman–Crippen LogP) is 2.58. The van der Waals surface area contributed by atoms with E-state index in [9.17, 15) is 19.1 Å². The summed E-state index contributed by atoms with van der Waals surface area (Å²) in [4.78, 5) is 26.5. The molecule has 33 heavy (non-hydrogen) atoms. The van der Waals surface area contributed by atoms with Gasteiger partial charge in [0.25, 0.3) is 5.91 Å². The first kappa shape index (κ1) is 22.6. The van der Waals surface area contributed by atoms with Crippen molar-refractivity contribution < 1.29 is 23.8 Å². The number of aliphatic hydroxyl groups is 1. The minimum atomic E-state index is -0.603. The number of aryl methyl sites for hydroxylation is 2. The highest BCUT2D eigenvalue weighted by atomic mass is 19.1. The number of halogens is 1. The van der Waals surface area contributed by atoms with Crippen LogP contribution in [0.5, 0.6) is 0 Å². The number of carbonyl (C=O) groups excluding carboxylic acids is 2. The summed E-state index contributed by atoms with van der Waals surface area (Å²) in [5, 5.41) is 17.0. The molecule has 172 valence electrons. The molecular weight excluding hydrogens is 427 g/mol. The molecule has 9 heteroatoms. The maximum atomic E-state index is 13.2. The molecule has 0 saturated carbocycles. The monoisotopic (exact) mass is 452 g/mol. The molecule has 2 atom stereocenters. The molecule has 3 aromatic rings. The quantitative estimate of drug-likeness (QED) is 0.599. The zero-order valence-corrected chi connectivity index (χ0v) is 18.4. The Balaban J connectivity index is 1.48. The number of ether oxygens (including phenoxy) is 1. The van der Waals surface area contributed by atoms with E-state index in [4.69, 9.17) is 4.74 Å². The summed E-state index contributed by atoms with van der Waals surface area (Å²) in [6.45, 7) is 1.68. The molecule has 0 spiro atoms. The number of amides is 2. The van der Waals surface area contributed by atoms with Crippen molar-refractivity contribution >= 4 is 17.5 Å². The van der Waals surface area contributed by atoms with Crippen LogP contribution >= 0.6 is 0 Å². The lowest BCUT2D eigenvalue weighted by atomic mass is 9.98. The number of hydrogen-bond donors (Lipinski definition) is 2. The van der Waals surface area contributed by atoms with Crippen molar-refractivity contribution in [3.8, 4) is 0 Å². The van der Waals surface area contributed by atoms with Gasteiger partial charge in [-0.2, -0.15) is 5.10 Å². The van der Waals surface area contributed by atoms with Crippen LogP contribution in [0.3, 0.4) is 0 Å². The van der Waals surface area contributed by atoms with E-state index >= 15 is 0 Å². The predicted molar refractivity (Wildman–Crippen MR) is 119 cm³/mol. The third-order valence-corrected chi connectivity index (χ3v) is 5.75. The minimum absolute atomic E-state index is 0.125. The lowest BCUT2D eigenvalue weighted by Crippen LogP contribution is -2.52. The summed E-state index contributed by atoms with van der Waals surface area (Å²) in [7, 11) is 1.77. The Labute approximate surface area is 190 Å². The number of nitrogens with one attached hydrogen (secondary N) is 1. The molecule has 2 aromatic carbocycles. The summed E-state index contributed by atoms with van der Waals surface area (Å²) < 4.78 is 20.6. The number of rotatable bonds is 6. The van der Waals surface area contributed by atoms with E-state index in [2.05, 4.69) is 10.4 Å². The van der Waals surface area contributed by atoms with Crippen LogP contribution in [0.15, 0.2) is 54.6 Å². The van der Waals surface area contributed by atoms with Gasteiger partial charge in [0.1, 0.15) is 18.5 Å². The second-order valence-corrected chi connectivity index (χ2v) is 8.00. The van der Waals surface area contributed by atoms with E-state index in [0.29, 0.717) is 11.4 Å². The third-order valence-electron chi connectivity index (χ3n) is 5.75. The molecule has 1 fully saturated rings. The molecule has 1 aliphatic heterocycles. The Kier molecular flexibility index (Phi) is 6.52. The topological polar surface area (TPSA) is 96.7 Å². The Morgan fingerprint density at radius 3 is 2.52 bits per heavy atom. The van der Waals surface area contributed by atoms with Crippen LogP contribution < -0.4 is 5.32 Å². The zero-order valence-electron chi connectivity index (χ0n) is 18.4. The van der Waals surface area contributed by atoms with Crippen molar-refractivity contribution in [2.24, 2.45) is 7.05 Å². The van der Waals surface area contributed by atoms with Gasteiger partial charge in [-0.05, 0) is 48.4 Å². The van der Waals surface area contributed by atoms with Gasteiger partial charge < -0.3 is 20.1 Å². The Hall–Kier alpha value is -3.56. The highest BCUT2D eigenvalue weighted by molar-refractivity contribution is 6.02. The first-order chi connectivity index (χ1) is 15.9. The van der Waals surface area contributed by atoms with Gasteiger partial charge in [0.2, 0.25) is 5.91 Å². The van der Waals surface area contributed by atoms with Crippen LogP contribution in [0.25, 0.3) is 0 Å². The van der Waals surface area contributed by atoms with E-state index in [1.807, 2.05) is 6.92 Å². The normalized spacial score (nSPS) is 18.4. The van der Waals surface area contributed by atoms with Crippen molar-refractivity contribution in [1.82, 2.24) is 14.7 Å². The Morgan fingerprint density at radius 2 is 1.91 bits per heavy atom. The summed E-state index contributed by atoms with van der Waals surface area (Å²) in [5.41, 5.74) is 3.30. The first-order valence-corrected chi connectivity index (χ1v) is 10.5. The molecule has 0 aliphatic carbocycles. The molecule has 2 unspecified atom stereocenters. The molecule has 2 heterocycles. The lowest BCUT2D eigenvalue weighted by molar-refractivity contribution is -0.162. The van der Waals surface area contributed by atoms with Crippen LogP contribution in [0.2, 0.25) is 0 Å². The highest BCUT2D eigenvalue weighted by Gasteiger charge is 2.37. The van der Waals surface area contributed by atoms with E-state index in [0.717, 1.165) is 16.8 Å². The van der Waals surface area contributed by atoms with Crippen molar-refractivity contribution in [2.75, 3.05) is 18.5 Å². The van der Waals surface area contributed by atoms with E-state index in [-0.39, 0.29) is 37.4 Å². The second-order valence-electron chi connectivity index (χ2n) is 8.00. The van der Waals surface area contributed by atoms with E-state index in [1.54, 1.807) is 59.1 Å². The van der Waals surface area contributed by atoms with Gasteiger partial charge in [-0.1, -0.05) is 24.3 Å². The fourth-order valence-electron chi connectivity index (χ4n) is 3.83. The second kappa shape index (κ2) is 9.51. The molecule has 2 amide bonds. The Morgan fingerprint density at radius 1 is 1.21 bits per heavy atom. The molecular formula is C24H25FN4O4. The number of anilines is 1. The SMILES string of the molecule is Cc1cc(C(=O)Nc2ccc(C3OCC(=O)N(Cc4ccc(F)cc4)C3CO)cc2)nn1C. The number of aliphatic hydroxyl groups excluding tert-OH is 1. The van der Waals surface area contributed by atoms with Crippen LogP contribution in [-0.2, 0) is 23.1 Å². The van der Waals surface area contributed by atoms with Gasteiger partial charge in [0.15, 0.2) is 5.69 Å². The van der Waals surface area contributed by atoms with Crippen molar-refractivity contribution in [3.63, 3.8) is 0 Å². The van der Waals surface area contributed by atoms with Gasteiger partial charge >= 0.3 is 0 Å². The average molecular weight is 452 g/mol. The summed E-state index contributed by atoms with van der Waals surface area (Å²) in [6.07, 6.45) is -0.545. The number of nitrogens with zero attached hydrogens (tertiary/aromatic N) is 3. The number of morpholine rings is 1. The number of hydrogen-bond acceptors (Lipinski definition) is 5. The van der Waals surface area contributed by atoms with Crippen molar-refractivity contribution in [2.45, 2.75) is 25.6 Å². The molecule has 0 bridgehead atoms. The van der Waals surface area contributed by atoms with Gasteiger partial charge in [0, 0.05) is 25.0 Å². The summed E-state index contributed by atoms with van der Waals surface area (Å²) >= 11 is 0. The number of carbonyl (C=O) groups is 2. The maximum Gasteiger partial charge on any atom is 0.276 e. The van der Waals surface area contributed by atoms with Gasteiger partial charge in [-0.3, -0.25) is 14.3 Å². The molecule has 1 aliphatic rings.